The predicted molar refractivity (Wildman–Crippen MR) is 203 cm³/mol. The molecule has 7 fully saturated rings. The van der Waals surface area contributed by atoms with Gasteiger partial charge in [-0.05, 0) is 94.0 Å². The van der Waals surface area contributed by atoms with Crippen LogP contribution in [0.5, 0.6) is 0 Å². The number of rotatable bonds is 11. The van der Waals surface area contributed by atoms with E-state index in [1.807, 2.05) is 0 Å². The Balaban J connectivity index is 0.887. The van der Waals surface area contributed by atoms with E-state index >= 15 is 0 Å². The number of hydrogen-bond acceptors (Lipinski definition) is 19. The Morgan fingerprint density at radius 2 is 1.46 bits per heavy atom. The van der Waals surface area contributed by atoms with Crippen LogP contribution in [-0.4, -0.2) is 189 Å². The van der Waals surface area contributed by atoms with Crippen molar-refractivity contribution in [2.75, 3.05) is 26.9 Å². The molecule has 4 aliphatic heterocycles. The number of esters is 1. The topological polar surface area (TPSA) is 290 Å². The summed E-state index contributed by atoms with van der Waals surface area (Å²) in [6.07, 6.45) is -13.2. The lowest BCUT2D eigenvalue weighted by Gasteiger charge is -2.63. The quantitative estimate of drug-likeness (QED) is 0.0613. The van der Waals surface area contributed by atoms with Crippen LogP contribution < -0.4 is 0 Å². The number of carbonyl (C=O) groups is 2. The van der Waals surface area contributed by atoms with Crippen molar-refractivity contribution < 1.29 is 93.4 Å². The molecule has 0 spiro atoms. The number of cyclic esters (lactones) is 1. The Morgan fingerprint density at radius 1 is 0.770 bits per heavy atom. The largest absolute Gasteiger partial charge is 0.458 e. The summed E-state index contributed by atoms with van der Waals surface area (Å²) in [6.45, 7) is 2.83. The van der Waals surface area contributed by atoms with E-state index in [1.165, 1.54) is 7.11 Å². The number of aldehydes is 1. The van der Waals surface area contributed by atoms with Gasteiger partial charge in [0.25, 0.3) is 0 Å². The third-order valence-electron chi connectivity index (χ3n) is 16.3. The zero-order chi connectivity index (χ0) is 43.8. The van der Waals surface area contributed by atoms with Crippen molar-refractivity contribution >= 4 is 12.3 Å². The molecule has 4 saturated carbocycles. The first-order valence-corrected chi connectivity index (χ1v) is 21.9. The fourth-order valence-electron chi connectivity index (χ4n) is 12.9. The van der Waals surface area contributed by atoms with Crippen molar-refractivity contribution in [3.05, 3.63) is 11.6 Å². The highest BCUT2D eigenvalue weighted by Crippen LogP contribution is 2.69. The van der Waals surface area contributed by atoms with Gasteiger partial charge >= 0.3 is 5.97 Å². The number of ether oxygens (including phenoxy) is 8. The molecule has 346 valence electrons. The lowest BCUT2D eigenvalue weighted by molar-refractivity contribution is -0.367. The molecule has 8 rings (SSSR count). The molecule has 23 atom stereocenters. The Hall–Kier alpha value is -1.76. The molecule has 4 heterocycles. The predicted octanol–water partition coefficient (Wildman–Crippen LogP) is -2.06. The summed E-state index contributed by atoms with van der Waals surface area (Å²) in [6, 6.07) is 0. The van der Waals surface area contributed by atoms with Crippen molar-refractivity contribution in [2.24, 2.45) is 34.5 Å². The maximum absolute atomic E-state index is 13.3. The van der Waals surface area contributed by atoms with E-state index in [2.05, 4.69) is 6.92 Å². The Bertz CT molecular complexity index is 1620. The van der Waals surface area contributed by atoms with E-state index in [-0.39, 0.29) is 42.4 Å². The molecule has 0 aromatic heterocycles. The lowest BCUT2D eigenvalue weighted by atomic mass is 9.43. The summed E-state index contributed by atoms with van der Waals surface area (Å²) >= 11 is 0. The fraction of sp³-hybridized carbons (Fsp3) is 0.905. The van der Waals surface area contributed by atoms with Crippen LogP contribution in [0.2, 0.25) is 0 Å². The minimum Gasteiger partial charge on any atom is -0.458 e. The highest BCUT2D eigenvalue weighted by molar-refractivity contribution is 5.85. The van der Waals surface area contributed by atoms with Gasteiger partial charge in [-0.2, -0.15) is 0 Å². The van der Waals surface area contributed by atoms with Crippen LogP contribution in [0.1, 0.15) is 71.6 Å². The molecule has 0 aromatic rings. The van der Waals surface area contributed by atoms with Crippen LogP contribution in [0.25, 0.3) is 0 Å². The monoisotopic (exact) mass is 872 g/mol. The number of hydrogen-bond donors (Lipinski definition) is 9. The molecule has 9 N–H and O–H groups in total. The molecule has 0 radical (unpaired) electrons. The van der Waals surface area contributed by atoms with Crippen LogP contribution >= 0.6 is 0 Å². The summed E-state index contributed by atoms with van der Waals surface area (Å²) in [5, 5.41) is 96.6. The van der Waals surface area contributed by atoms with Gasteiger partial charge < -0.3 is 88.6 Å². The van der Waals surface area contributed by atoms with Gasteiger partial charge in [0.05, 0.1) is 31.0 Å². The number of aliphatic hydroxyl groups excluding tert-OH is 8. The highest BCUT2D eigenvalue weighted by Gasteiger charge is 2.69. The molecule has 4 aliphatic carbocycles. The maximum Gasteiger partial charge on any atom is 0.331 e. The summed E-state index contributed by atoms with van der Waals surface area (Å²) in [5.41, 5.74) is -1.07. The molecule has 19 nitrogen and oxygen atoms in total. The lowest BCUT2D eigenvalue weighted by Crippen LogP contribution is -2.65. The number of fused-ring (bicyclic) bond motifs is 5. The molecule has 3 saturated heterocycles. The van der Waals surface area contributed by atoms with Gasteiger partial charge in [0, 0.05) is 24.0 Å². The zero-order valence-electron chi connectivity index (χ0n) is 34.8. The van der Waals surface area contributed by atoms with Crippen molar-refractivity contribution in [3.63, 3.8) is 0 Å². The van der Waals surface area contributed by atoms with Crippen molar-refractivity contribution in [2.45, 2.75) is 175 Å². The zero-order valence-corrected chi connectivity index (χ0v) is 34.8. The van der Waals surface area contributed by atoms with Crippen LogP contribution in [0.3, 0.4) is 0 Å². The average Bonchev–Trinajstić information content (AvgIpc) is 3.80. The smallest absolute Gasteiger partial charge is 0.331 e. The molecular weight excluding hydrogens is 808 g/mol. The van der Waals surface area contributed by atoms with Crippen LogP contribution in [-0.2, 0) is 47.5 Å². The number of carbonyl (C=O) groups excluding carboxylic acids is 2. The summed E-state index contributed by atoms with van der Waals surface area (Å²) < 4.78 is 46.4. The molecule has 8 aliphatic rings. The van der Waals surface area contributed by atoms with Crippen molar-refractivity contribution in [3.8, 4) is 0 Å². The Labute approximate surface area is 353 Å². The number of aliphatic hydroxyl groups is 9. The molecule has 0 bridgehead atoms. The summed E-state index contributed by atoms with van der Waals surface area (Å²) in [5.74, 6) is -0.343. The molecular formula is C42H64O19. The van der Waals surface area contributed by atoms with Gasteiger partial charge in [-0.25, -0.2) is 4.79 Å². The van der Waals surface area contributed by atoms with Crippen molar-refractivity contribution in [1.82, 2.24) is 0 Å². The van der Waals surface area contributed by atoms with Gasteiger partial charge in [-0.3, -0.25) is 0 Å². The molecule has 0 amide bonds. The van der Waals surface area contributed by atoms with E-state index < -0.39 is 122 Å². The fourth-order valence-corrected chi connectivity index (χ4v) is 12.9. The molecule has 0 unspecified atom stereocenters. The van der Waals surface area contributed by atoms with Crippen LogP contribution in [0.4, 0.5) is 0 Å². The van der Waals surface area contributed by atoms with Crippen LogP contribution in [0, 0.1) is 34.5 Å². The first-order chi connectivity index (χ1) is 29.0. The second-order valence-electron chi connectivity index (χ2n) is 19.1. The van der Waals surface area contributed by atoms with E-state index in [1.54, 1.807) is 13.0 Å². The Morgan fingerprint density at radius 3 is 2.13 bits per heavy atom. The van der Waals surface area contributed by atoms with E-state index in [4.69, 9.17) is 37.9 Å². The van der Waals surface area contributed by atoms with Gasteiger partial charge in [0.15, 0.2) is 18.9 Å². The Kier molecular flexibility index (Phi) is 13.2. The summed E-state index contributed by atoms with van der Waals surface area (Å²) in [4.78, 5) is 25.3. The average molecular weight is 873 g/mol. The van der Waals surface area contributed by atoms with E-state index in [9.17, 15) is 55.5 Å². The number of methoxy groups -OCH3 is 1. The summed E-state index contributed by atoms with van der Waals surface area (Å²) in [7, 11) is 1.36. The molecule has 61 heavy (non-hydrogen) atoms. The highest BCUT2D eigenvalue weighted by atomic mass is 16.8. The maximum atomic E-state index is 13.3. The minimum absolute atomic E-state index is 0.000150. The SMILES string of the molecule is CO[C@H]1[C@H](O)[C@H](O[C@H]2CC[C@@]3(C=O)[C@H](CC[C@@H]4[C@@H]3CC[C@]3(C)[C@@H](C5=CC(=O)OC5)CC[C@]43O)C2)O[C@@H](C)[C@@H]1O[C@@H]1O[C@H](CO[C@@H]2O[C@@H](CO)[C@@H](O)[C@H](O)[C@H]2O)[C@@H](O)[C@H](O)[C@H]1O. The minimum atomic E-state index is -1.79. The molecule has 19 heteroatoms. The standard InChI is InChI=1S/C42H64O19/c1-18-35(61-38-33(51)31(49)29(47)26(60-38)16-56-37-32(50)30(48)28(46)25(14-43)59-37)36(54-3)34(52)39(57-18)58-21-6-10-41(17-44)20(13-21)4-5-24-23(41)7-9-40(2)22(8-11-42(24,40)53)19-12-27(45)55-15-19/h12,17-18,20-26,28-39,43,46-53H,4-11,13-16H2,1-3H3/t18-,20+,21-,22+,23-,24+,25-,26+,28+,29+,30-,31-,32+,33+,34-,35-,36-,37+,38-,39-,40+,41+,42-/m0/s1. The molecule has 0 aromatic carbocycles. The second kappa shape index (κ2) is 17.6. The normalized spacial score (nSPS) is 53.6. The first-order valence-electron chi connectivity index (χ1n) is 21.9. The van der Waals surface area contributed by atoms with Gasteiger partial charge in [-0.15, -0.1) is 0 Å². The van der Waals surface area contributed by atoms with E-state index in [0.717, 1.165) is 44.0 Å². The van der Waals surface area contributed by atoms with Gasteiger partial charge in [0.2, 0.25) is 0 Å². The van der Waals surface area contributed by atoms with Gasteiger partial charge in [0.1, 0.15) is 80.0 Å². The second-order valence-corrected chi connectivity index (χ2v) is 19.1. The first kappa shape index (κ1) is 45.8. The van der Waals surface area contributed by atoms with Gasteiger partial charge in [-0.1, -0.05) is 6.92 Å². The third kappa shape index (κ3) is 7.64. The van der Waals surface area contributed by atoms with E-state index in [0.29, 0.717) is 25.7 Å². The third-order valence-corrected chi connectivity index (χ3v) is 16.3. The van der Waals surface area contributed by atoms with Crippen LogP contribution in [0.15, 0.2) is 11.6 Å². The van der Waals surface area contributed by atoms with Crippen molar-refractivity contribution in [1.29, 1.82) is 0 Å².